The highest BCUT2D eigenvalue weighted by molar-refractivity contribution is 6.33. The number of piperidine rings is 1. The van der Waals surface area contributed by atoms with Gasteiger partial charge in [-0.15, -0.1) is 0 Å². The Bertz CT molecular complexity index is 482. The third-order valence-electron chi connectivity index (χ3n) is 3.51. The zero-order chi connectivity index (χ0) is 14.5. The first kappa shape index (κ1) is 15.0. The number of halogens is 1. The predicted octanol–water partition coefficient (Wildman–Crippen LogP) is 1.09. The van der Waals surface area contributed by atoms with Gasteiger partial charge in [-0.2, -0.15) is 0 Å². The Balaban J connectivity index is 1.90. The second-order valence-electron chi connectivity index (χ2n) is 5.18. The summed E-state index contributed by atoms with van der Waals surface area (Å²) in [5, 5.41) is 3.27. The van der Waals surface area contributed by atoms with E-state index in [1.807, 2.05) is 0 Å². The molecule has 110 valence electrons. The molecule has 1 atom stereocenters. The molecule has 6 nitrogen and oxygen atoms in total. The molecule has 2 rings (SSSR count). The number of anilines is 1. The van der Waals surface area contributed by atoms with Crippen LogP contribution in [0.2, 0.25) is 5.02 Å². The van der Waals surface area contributed by atoms with E-state index >= 15 is 0 Å². The molecule has 2 heterocycles. The normalized spacial score (nSPS) is 19.6. The Morgan fingerprint density at radius 1 is 1.65 bits per heavy atom. The number of nitrogens with one attached hydrogen (secondary N) is 2. The minimum Gasteiger partial charge on any atom is -0.352 e. The van der Waals surface area contributed by atoms with Crippen molar-refractivity contribution in [3.63, 3.8) is 0 Å². The summed E-state index contributed by atoms with van der Waals surface area (Å²) in [4.78, 5) is 18.3. The minimum absolute atomic E-state index is 0.156. The van der Waals surface area contributed by atoms with Crippen LogP contribution in [0.15, 0.2) is 12.3 Å². The number of rotatable bonds is 4. The van der Waals surface area contributed by atoms with E-state index in [4.69, 9.17) is 17.4 Å². The van der Waals surface area contributed by atoms with Gasteiger partial charge in [0.05, 0.1) is 10.6 Å². The molecule has 1 fully saturated rings. The van der Waals surface area contributed by atoms with Crippen molar-refractivity contribution in [2.45, 2.75) is 12.8 Å². The lowest BCUT2D eigenvalue weighted by molar-refractivity contribution is 0.0936. The molecule has 0 spiro atoms. The van der Waals surface area contributed by atoms with Crippen molar-refractivity contribution < 1.29 is 4.79 Å². The maximum Gasteiger partial charge on any atom is 0.252 e. The molecular formula is C13H20ClN5O. The van der Waals surface area contributed by atoms with Gasteiger partial charge < -0.3 is 15.6 Å². The highest BCUT2D eigenvalue weighted by atomic mass is 35.5. The third-order valence-corrected chi connectivity index (χ3v) is 3.80. The third kappa shape index (κ3) is 3.82. The molecule has 7 heteroatoms. The van der Waals surface area contributed by atoms with Crippen LogP contribution < -0.4 is 16.6 Å². The van der Waals surface area contributed by atoms with Crippen molar-refractivity contribution in [3.05, 3.63) is 22.8 Å². The van der Waals surface area contributed by atoms with Crippen LogP contribution in [0.5, 0.6) is 0 Å². The van der Waals surface area contributed by atoms with Gasteiger partial charge in [0.2, 0.25) is 0 Å². The fourth-order valence-electron chi connectivity index (χ4n) is 2.45. The Kier molecular flexibility index (Phi) is 5.17. The number of nitrogens with two attached hydrogens (primary N) is 1. The van der Waals surface area contributed by atoms with Crippen LogP contribution in [0.1, 0.15) is 23.2 Å². The zero-order valence-corrected chi connectivity index (χ0v) is 12.3. The first-order valence-corrected chi connectivity index (χ1v) is 7.07. The first-order chi connectivity index (χ1) is 9.60. The van der Waals surface area contributed by atoms with Gasteiger partial charge in [0.15, 0.2) is 5.82 Å². The van der Waals surface area contributed by atoms with E-state index < -0.39 is 0 Å². The lowest BCUT2D eigenvalue weighted by Gasteiger charge is -2.29. The van der Waals surface area contributed by atoms with Gasteiger partial charge in [0.1, 0.15) is 0 Å². The highest BCUT2D eigenvalue weighted by Gasteiger charge is 2.18. The number of amides is 1. The molecule has 0 radical (unpaired) electrons. The smallest absolute Gasteiger partial charge is 0.252 e. The molecule has 0 bridgehead atoms. The number of nitrogens with zero attached hydrogens (tertiary/aromatic N) is 2. The number of nitrogen functional groups attached to an aromatic ring is 1. The van der Waals surface area contributed by atoms with Gasteiger partial charge in [-0.05, 0) is 38.4 Å². The van der Waals surface area contributed by atoms with E-state index in [9.17, 15) is 4.79 Å². The van der Waals surface area contributed by atoms with E-state index in [0.29, 0.717) is 28.9 Å². The summed E-state index contributed by atoms with van der Waals surface area (Å²) in [6.45, 7) is 2.84. The van der Waals surface area contributed by atoms with Crippen LogP contribution in [-0.2, 0) is 0 Å². The topological polar surface area (TPSA) is 83.3 Å². The number of carbonyl (C=O) groups is 1. The lowest BCUT2D eigenvalue weighted by Crippen LogP contribution is -2.39. The fourth-order valence-corrected chi connectivity index (χ4v) is 2.67. The van der Waals surface area contributed by atoms with Crippen molar-refractivity contribution in [2.24, 2.45) is 11.8 Å². The molecule has 0 aliphatic carbocycles. The Morgan fingerprint density at radius 2 is 2.45 bits per heavy atom. The summed E-state index contributed by atoms with van der Waals surface area (Å²) in [6.07, 6.45) is 3.80. The van der Waals surface area contributed by atoms with Crippen LogP contribution in [0.25, 0.3) is 0 Å². The van der Waals surface area contributed by atoms with Crippen molar-refractivity contribution in [1.29, 1.82) is 0 Å². The average Bonchev–Trinajstić information content (AvgIpc) is 2.44. The molecule has 1 unspecified atom stereocenters. The summed E-state index contributed by atoms with van der Waals surface area (Å²) in [5.41, 5.74) is 2.81. The summed E-state index contributed by atoms with van der Waals surface area (Å²) in [7, 11) is 2.11. The largest absolute Gasteiger partial charge is 0.352 e. The molecular weight excluding hydrogens is 278 g/mol. The van der Waals surface area contributed by atoms with Crippen molar-refractivity contribution >= 4 is 23.3 Å². The number of hydrogen-bond acceptors (Lipinski definition) is 5. The summed E-state index contributed by atoms with van der Waals surface area (Å²) < 4.78 is 0. The SMILES string of the molecule is CN1CCCC(CNC(=O)c2cnc(NN)c(Cl)c2)C1. The van der Waals surface area contributed by atoms with Crippen molar-refractivity contribution in [2.75, 3.05) is 32.1 Å². The number of aromatic nitrogens is 1. The quantitative estimate of drug-likeness (QED) is 0.572. The average molecular weight is 298 g/mol. The second kappa shape index (κ2) is 6.88. The van der Waals surface area contributed by atoms with Crippen LogP contribution in [0.4, 0.5) is 5.82 Å². The number of likely N-dealkylation sites (tertiary alicyclic amines) is 1. The van der Waals surface area contributed by atoms with Gasteiger partial charge in [-0.1, -0.05) is 11.6 Å². The van der Waals surface area contributed by atoms with Gasteiger partial charge in [0.25, 0.3) is 5.91 Å². The predicted molar refractivity (Wildman–Crippen MR) is 79.6 cm³/mol. The van der Waals surface area contributed by atoms with E-state index in [-0.39, 0.29) is 5.91 Å². The molecule has 1 amide bonds. The number of hydrogen-bond donors (Lipinski definition) is 3. The van der Waals surface area contributed by atoms with Crippen LogP contribution in [-0.4, -0.2) is 42.5 Å². The standard InChI is InChI=1S/C13H20ClN5O/c1-19-4-2-3-9(8-19)6-17-13(20)10-5-11(14)12(18-15)16-7-10/h5,7,9H,2-4,6,8,15H2,1H3,(H,16,18)(H,17,20). The maximum atomic E-state index is 12.0. The van der Waals surface area contributed by atoms with E-state index in [1.165, 1.54) is 12.6 Å². The summed E-state index contributed by atoms with van der Waals surface area (Å²) >= 11 is 5.95. The van der Waals surface area contributed by atoms with Gasteiger partial charge >= 0.3 is 0 Å². The molecule has 0 aromatic carbocycles. The number of pyridine rings is 1. The first-order valence-electron chi connectivity index (χ1n) is 6.69. The number of hydrazine groups is 1. The zero-order valence-electron chi connectivity index (χ0n) is 11.5. The minimum atomic E-state index is -0.156. The van der Waals surface area contributed by atoms with Crippen LogP contribution in [0, 0.1) is 5.92 Å². The molecule has 1 aliphatic rings. The van der Waals surface area contributed by atoms with Gasteiger partial charge in [-0.25, -0.2) is 10.8 Å². The van der Waals surface area contributed by atoms with E-state index in [0.717, 1.165) is 19.5 Å². The van der Waals surface area contributed by atoms with Crippen LogP contribution >= 0.6 is 11.6 Å². The fraction of sp³-hybridized carbons (Fsp3) is 0.538. The van der Waals surface area contributed by atoms with Crippen LogP contribution in [0.3, 0.4) is 0 Å². The Hall–Kier alpha value is -1.37. The number of carbonyl (C=O) groups excluding carboxylic acids is 1. The monoisotopic (exact) mass is 297 g/mol. The van der Waals surface area contributed by atoms with Gasteiger partial charge in [0, 0.05) is 19.3 Å². The summed E-state index contributed by atoms with van der Waals surface area (Å²) in [5.74, 6) is 5.95. The van der Waals surface area contributed by atoms with Gasteiger partial charge in [-0.3, -0.25) is 4.79 Å². The Morgan fingerprint density at radius 3 is 3.10 bits per heavy atom. The molecule has 20 heavy (non-hydrogen) atoms. The van der Waals surface area contributed by atoms with Crippen molar-refractivity contribution in [3.8, 4) is 0 Å². The summed E-state index contributed by atoms with van der Waals surface area (Å²) in [6, 6.07) is 1.56. The molecule has 4 N–H and O–H groups in total. The highest BCUT2D eigenvalue weighted by Crippen LogP contribution is 2.19. The lowest BCUT2D eigenvalue weighted by atomic mass is 9.98. The molecule has 1 aromatic heterocycles. The van der Waals surface area contributed by atoms with E-state index in [2.05, 4.69) is 27.7 Å². The molecule has 0 saturated carbocycles. The maximum absolute atomic E-state index is 12.0. The van der Waals surface area contributed by atoms with E-state index in [1.54, 1.807) is 6.07 Å². The molecule has 1 aliphatic heterocycles. The molecule has 1 saturated heterocycles. The molecule has 1 aromatic rings. The van der Waals surface area contributed by atoms with Crippen molar-refractivity contribution in [1.82, 2.24) is 15.2 Å². The second-order valence-corrected chi connectivity index (χ2v) is 5.59. The Labute approximate surface area is 123 Å².